The Hall–Kier alpha value is -2.74. The van der Waals surface area contributed by atoms with Gasteiger partial charge in [-0.1, -0.05) is 42.1 Å². The lowest BCUT2D eigenvalue weighted by Gasteiger charge is -2.04. The molecule has 8 heteroatoms. The molecule has 0 fully saturated rings. The molecular formula is C17H13F2N3O2S. The summed E-state index contributed by atoms with van der Waals surface area (Å²) in [5.74, 6) is -1.92. The number of aromatic nitrogens is 2. The molecule has 0 saturated heterocycles. The van der Waals surface area contributed by atoms with Crippen LogP contribution in [-0.4, -0.2) is 21.9 Å². The highest BCUT2D eigenvalue weighted by Gasteiger charge is 2.11. The molecule has 0 aliphatic carbocycles. The van der Waals surface area contributed by atoms with Gasteiger partial charge in [0.1, 0.15) is 0 Å². The lowest BCUT2D eigenvalue weighted by Crippen LogP contribution is -2.14. The Bertz CT molecular complexity index is 871. The summed E-state index contributed by atoms with van der Waals surface area (Å²) in [7, 11) is 0. The highest BCUT2D eigenvalue weighted by Crippen LogP contribution is 2.19. The van der Waals surface area contributed by atoms with E-state index in [-0.39, 0.29) is 22.6 Å². The number of halogens is 2. The number of nitrogens with one attached hydrogen (secondary N) is 1. The van der Waals surface area contributed by atoms with E-state index in [2.05, 4.69) is 15.5 Å². The van der Waals surface area contributed by atoms with Gasteiger partial charge in [0, 0.05) is 11.8 Å². The van der Waals surface area contributed by atoms with Crippen LogP contribution in [-0.2, 0) is 11.2 Å². The first-order valence-corrected chi connectivity index (χ1v) is 8.33. The van der Waals surface area contributed by atoms with Crippen LogP contribution in [0, 0.1) is 11.6 Å². The zero-order chi connectivity index (χ0) is 17.6. The minimum absolute atomic E-state index is 0.00592. The topological polar surface area (TPSA) is 68.0 Å². The van der Waals surface area contributed by atoms with Crippen LogP contribution >= 0.6 is 11.8 Å². The van der Waals surface area contributed by atoms with E-state index in [1.165, 1.54) is 6.07 Å². The fourth-order valence-electron chi connectivity index (χ4n) is 2.04. The molecule has 2 aromatic carbocycles. The predicted octanol–water partition coefficient (Wildman–Crippen LogP) is 3.67. The Morgan fingerprint density at radius 1 is 1.08 bits per heavy atom. The third kappa shape index (κ3) is 4.87. The van der Waals surface area contributed by atoms with Crippen molar-refractivity contribution in [2.75, 3.05) is 11.1 Å². The Labute approximate surface area is 146 Å². The lowest BCUT2D eigenvalue weighted by atomic mass is 10.2. The van der Waals surface area contributed by atoms with E-state index in [0.717, 1.165) is 29.5 Å². The van der Waals surface area contributed by atoms with Crippen molar-refractivity contribution in [3.8, 4) is 0 Å². The van der Waals surface area contributed by atoms with E-state index < -0.39 is 11.6 Å². The molecule has 0 bridgehead atoms. The Kier molecular flexibility index (Phi) is 5.39. The number of rotatable bonds is 6. The first kappa shape index (κ1) is 17.1. The molecule has 0 aliphatic heterocycles. The first-order valence-electron chi connectivity index (χ1n) is 7.34. The number of benzene rings is 2. The molecule has 0 atom stereocenters. The van der Waals surface area contributed by atoms with Crippen LogP contribution in [0.2, 0.25) is 0 Å². The van der Waals surface area contributed by atoms with E-state index in [4.69, 9.17) is 4.42 Å². The summed E-state index contributed by atoms with van der Waals surface area (Å²) in [5, 5.41) is 10.5. The SMILES string of the molecule is O=C(CSc1nnc(Cc2ccccc2)o1)Nc1ccc(F)c(F)c1. The third-order valence-electron chi connectivity index (χ3n) is 3.18. The largest absolute Gasteiger partial charge is 0.416 e. The quantitative estimate of drug-likeness (QED) is 0.679. The van der Waals surface area contributed by atoms with Crippen molar-refractivity contribution in [3.63, 3.8) is 0 Å². The second kappa shape index (κ2) is 7.89. The smallest absolute Gasteiger partial charge is 0.277 e. The maximum Gasteiger partial charge on any atom is 0.277 e. The highest BCUT2D eigenvalue weighted by atomic mass is 32.2. The average molecular weight is 361 g/mol. The molecule has 0 spiro atoms. The van der Waals surface area contributed by atoms with Crippen LogP contribution in [0.5, 0.6) is 0 Å². The predicted molar refractivity (Wildman–Crippen MR) is 89.3 cm³/mol. The third-order valence-corrected chi connectivity index (χ3v) is 4.00. The number of hydrogen-bond acceptors (Lipinski definition) is 5. The molecular weight excluding hydrogens is 348 g/mol. The summed E-state index contributed by atoms with van der Waals surface area (Å²) in [6.07, 6.45) is 0.509. The molecule has 3 rings (SSSR count). The van der Waals surface area contributed by atoms with Gasteiger partial charge in [0.25, 0.3) is 5.22 Å². The zero-order valence-corrected chi connectivity index (χ0v) is 13.7. The Balaban J connectivity index is 1.51. The van der Waals surface area contributed by atoms with E-state index in [9.17, 15) is 13.6 Å². The normalized spacial score (nSPS) is 10.6. The molecule has 5 nitrogen and oxygen atoms in total. The number of carbonyl (C=O) groups excluding carboxylic acids is 1. The van der Waals surface area contributed by atoms with E-state index in [1.54, 1.807) is 0 Å². The van der Waals surface area contributed by atoms with E-state index in [1.807, 2.05) is 30.3 Å². The van der Waals surface area contributed by atoms with Crippen molar-refractivity contribution in [2.24, 2.45) is 0 Å². The summed E-state index contributed by atoms with van der Waals surface area (Å²) in [6.45, 7) is 0. The lowest BCUT2D eigenvalue weighted by molar-refractivity contribution is -0.113. The number of anilines is 1. The molecule has 0 radical (unpaired) electrons. The number of amides is 1. The van der Waals surface area contributed by atoms with Gasteiger partial charge in [-0.2, -0.15) is 0 Å². The summed E-state index contributed by atoms with van der Waals surface area (Å²) >= 11 is 1.07. The zero-order valence-electron chi connectivity index (χ0n) is 12.9. The second-order valence-electron chi connectivity index (χ2n) is 5.09. The first-order chi connectivity index (χ1) is 12.1. The van der Waals surface area contributed by atoms with Crippen LogP contribution in [0.25, 0.3) is 0 Å². The Morgan fingerprint density at radius 3 is 2.64 bits per heavy atom. The fourth-order valence-corrected chi connectivity index (χ4v) is 2.62. The highest BCUT2D eigenvalue weighted by molar-refractivity contribution is 7.99. The van der Waals surface area contributed by atoms with Gasteiger partial charge >= 0.3 is 0 Å². The minimum Gasteiger partial charge on any atom is -0.416 e. The standard InChI is InChI=1S/C17H13F2N3O2S/c18-13-7-6-12(9-14(13)19)20-15(23)10-25-17-22-21-16(24-17)8-11-4-2-1-3-5-11/h1-7,9H,8,10H2,(H,20,23). The molecule has 1 amide bonds. The van der Waals surface area contributed by atoms with Crippen molar-refractivity contribution in [1.82, 2.24) is 10.2 Å². The number of hydrogen-bond donors (Lipinski definition) is 1. The molecule has 1 N–H and O–H groups in total. The maximum atomic E-state index is 13.1. The maximum absolute atomic E-state index is 13.1. The summed E-state index contributed by atoms with van der Waals surface area (Å²) in [4.78, 5) is 11.8. The van der Waals surface area contributed by atoms with Crippen molar-refractivity contribution in [1.29, 1.82) is 0 Å². The molecule has 0 saturated carbocycles. The summed E-state index contributed by atoms with van der Waals surface area (Å²) < 4.78 is 31.4. The van der Waals surface area contributed by atoms with Gasteiger partial charge in [-0.25, -0.2) is 8.78 Å². The molecule has 1 aromatic heterocycles. The molecule has 128 valence electrons. The van der Waals surface area contributed by atoms with E-state index in [0.29, 0.717) is 12.3 Å². The van der Waals surface area contributed by atoms with Gasteiger partial charge in [-0.15, -0.1) is 10.2 Å². The van der Waals surface area contributed by atoms with Crippen molar-refractivity contribution in [3.05, 3.63) is 71.6 Å². The van der Waals surface area contributed by atoms with Gasteiger partial charge < -0.3 is 9.73 Å². The second-order valence-corrected chi connectivity index (χ2v) is 6.02. The van der Waals surface area contributed by atoms with Crippen LogP contribution in [0.15, 0.2) is 58.2 Å². The van der Waals surface area contributed by atoms with Crippen LogP contribution in [0.3, 0.4) is 0 Å². The summed E-state index contributed by atoms with van der Waals surface area (Å²) in [6, 6.07) is 12.8. The molecule has 25 heavy (non-hydrogen) atoms. The van der Waals surface area contributed by atoms with Gasteiger partial charge in [-0.05, 0) is 17.7 Å². The van der Waals surface area contributed by atoms with Gasteiger partial charge in [0.05, 0.1) is 12.2 Å². The van der Waals surface area contributed by atoms with Crippen LogP contribution in [0.4, 0.5) is 14.5 Å². The van der Waals surface area contributed by atoms with Gasteiger partial charge in [-0.3, -0.25) is 4.79 Å². The minimum atomic E-state index is -1.02. The van der Waals surface area contributed by atoms with Crippen molar-refractivity contribution in [2.45, 2.75) is 11.6 Å². The molecule has 0 unspecified atom stereocenters. The average Bonchev–Trinajstić information content (AvgIpc) is 3.05. The summed E-state index contributed by atoms with van der Waals surface area (Å²) in [5.41, 5.74) is 1.22. The van der Waals surface area contributed by atoms with Crippen molar-refractivity contribution < 1.29 is 18.0 Å². The van der Waals surface area contributed by atoms with Crippen LogP contribution < -0.4 is 5.32 Å². The number of thioether (sulfide) groups is 1. The monoisotopic (exact) mass is 361 g/mol. The molecule has 1 heterocycles. The van der Waals surface area contributed by atoms with Crippen LogP contribution in [0.1, 0.15) is 11.5 Å². The number of carbonyl (C=O) groups is 1. The molecule has 0 aliphatic rings. The van der Waals surface area contributed by atoms with Crippen molar-refractivity contribution >= 4 is 23.4 Å². The van der Waals surface area contributed by atoms with Gasteiger partial charge in [0.15, 0.2) is 11.6 Å². The molecule has 3 aromatic rings. The van der Waals surface area contributed by atoms with Gasteiger partial charge in [0.2, 0.25) is 11.8 Å². The Morgan fingerprint density at radius 2 is 1.88 bits per heavy atom. The fraction of sp³-hybridized carbons (Fsp3) is 0.118. The van der Waals surface area contributed by atoms with E-state index >= 15 is 0 Å². The number of nitrogens with zero attached hydrogens (tertiary/aromatic N) is 2.